The predicted molar refractivity (Wildman–Crippen MR) is 114 cm³/mol. The first-order valence-electron chi connectivity index (χ1n) is 10.0. The molecule has 0 aliphatic carbocycles. The maximum Gasteiger partial charge on any atom is 0.416 e. The average Bonchev–Trinajstić information content (AvgIpc) is 3.12. The minimum Gasteiger partial charge on any atom is -0.338 e. The van der Waals surface area contributed by atoms with Crippen molar-refractivity contribution < 1.29 is 27.6 Å². The highest BCUT2D eigenvalue weighted by molar-refractivity contribution is 8.01. The van der Waals surface area contributed by atoms with Gasteiger partial charge in [0.1, 0.15) is 0 Å². The molecule has 1 atom stereocenters. The Kier molecular flexibility index (Phi) is 6.14. The molecule has 0 spiro atoms. The molecule has 0 radical (unpaired) electrons. The smallest absolute Gasteiger partial charge is 0.338 e. The van der Waals surface area contributed by atoms with Crippen LogP contribution in [0.2, 0.25) is 0 Å². The van der Waals surface area contributed by atoms with Gasteiger partial charge in [-0.15, -0.1) is 11.8 Å². The van der Waals surface area contributed by atoms with Gasteiger partial charge in [-0.1, -0.05) is 12.1 Å². The number of benzene rings is 2. The summed E-state index contributed by atoms with van der Waals surface area (Å²) < 4.78 is 38.6. The molecule has 0 saturated carbocycles. The lowest BCUT2D eigenvalue weighted by Crippen LogP contribution is -2.32. The van der Waals surface area contributed by atoms with Gasteiger partial charge in [0.25, 0.3) is 0 Å². The quantitative estimate of drug-likeness (QED) is 0.694. The molecule has 1 unspecified atom stereocenters. The number of nitrogens with zero attached hydrogens (tertiary/aromatic N) is 1. The fraction of sp³-hybridized carbons (Fsp3) is 0.318. The number of rotatable bonds is 5. The third-order valence-electron chi connectivity index (χ3n) is 5.25. The van der Waals surface area contributed by atoms with Gasteiger partial charge in [-0.3, -0.25) is 14.4 Å². The van der Waals surface area contributed by atoms with Gasteiger partial charge in [-0.05, 0) is 42.3 Å². The van der Waals surface area contributed by atoms with Crippen LogP contribution in [-0.4, -0.2) is 34.4 Å². The minimum absolute atomic E-state index is 0.0932. The van der Waals surface area contributed by atoms with Crippen molar-refractivity contribution in [2.24, 2.45) is 0 Å². The van der Waals surface area contributed by atoms with E-state index in [0.717, 1.165) is 42.4 Å². The molecule has 1 saturated heterocycles. The van der Waals surface area contributed by atoms with Crippen LogP contribution in [0.4, 0.5) is 24.5 Å². The van der Waals surface area contributed by atoms with Gasteiger partial charge in [0, 0.05) is 36.5 Å². The van der Waals surface area contributed by atoms with E-state index >= 15 is 0 Å². The number of carbonyl (C=O) groups excluding carboxylic acids is 3. The summed E-state index contributed by atoms with van der Waals surface area (Å²) in [6.07, 6.45) is -3.24. The number of carbonyl (C=O) groups is 3. The maximum atomic E-state index is 12.9. The van der Waals surface area contributed by atoms with Gasteiger partial charge >= 0.3 is 6.18 Å². The molecular formula is C22H20F3N3O3S. The Balaban J connectivity index is 1.38. The van der Waals surface area contributed by atoms with E-state index in [0.29, 0.717) is 23.5 Å². The van der Waals surface area contributed by atoms with Gasteiger partial charge < -0.3 is 15.5 Å². The molecule has 168 valence electrons. The van der Waals surface area contributed by atoms with Crippen LogP contribution < -0.4 is 10.6 Å². The zero-order valence-corrected chi connectivity index (χ0v) is 17.7. The Morgan fingerprint density at radius 1 is 1.19 bits per heavy atom. The van der Waals surface area contributed by atoms with Crippen LogP contribution in [0.5, 0.6) is 0 Å². The number of likely N-dealkylation sites (tertiary alicyclic amines) is 1. The van der Waals surface area contributed by atoms with Gasteiger partial charge in [-0.2, -0.15) is 13.2 Å². The van der Waals surface area contributed by atoms with Crippen molar-refractivity contribution in [2.45, 2.75) is 42.1 Å². The molecule has 6 nitrogen and oxygen atoms in total. The molecular weight excluding hydrogens is 443 g/mol. The molecule has 2 aromatic rings. The molecule has 10 heteroatoms. The van der Waals surface area contributed by atoms with Crippen molar-refractivity contribution in [1.29, 1.82) is 0 Å². The first-order valence-corrected chi connectivity index (χ1v) is 10.9. The van der Waals surface area contributed by atoms with Crippen LogP contribution in [0.25, 0.3) is 0 Å². The highest BCUT2D eigenvalue weighted by Gasteiger charge is 2.34. The van der Waals surface area contributed by atoms with Crippen LogP contribution in [0.3, 0.4) is 0 Å². The van der Waals surface area contributed by atoms with Gasteiger partial charge in [0.2, 0.25) is 17.7 Å². The van der Waals surface area contributed by atoms with Crippen molar-refractivity contribution in [3.63, 3.8) is 0 Å². The normalized spacial score (nSPS) is 18.3. The fourth-order valence-corrected chi connectivity index (χ4v) is 4.77. The van der Waals surface area contributed by atoms with Crippen molar-refractivity contribution in [2.75, 3.05) is 17.2 Å². The largest absolute Gasteiger partial charge is 0.416 e. The number of amides is 3. The third kappa shape index (κ3) is 5.07. The monoisotopic (exact) mass is 463 g/mol. The van der Waals surface area contributed by atoms with E-state index in [1.54, 1.807) is 23.1 Å². The van der Waals surface area contributed by atoms with E-state index in [-0.39, 0.29) is 23.9 Å². The van der Waals surface area contributed by atoms with E-state index in [9.17, 15) is 27.6 Å². The Morgan fingerprint density at radius 2 is 2.00 bits per heavy atom. The summed E-state index contributed by atoms with van der Waals surface area (Å²) in [6, 6.07) is 10.3. The summed E-state index contributed by atoms with van der Waals surface area (Å²) in [7, 11) is 0. The van der Waals surface area contributed by atoms with Gasteiger partial charge in [0.15, 0.2) is 0 Å². The number of alkyl halides is 3. The lowest BCUT2D eigenvalue weighted by atomic mass is 10.1. The van der Waals surface area contributed by atoms with Crippen LogP contribution in [0, 0.1) is 0 Å². The maximum absolute atomic E-state index is 12.9. The van der Waals surface area contributed by atoms with Crippen molar-refractivity contribution in [1.82, 2.24) is 4.90 Å². The standard InChI is InChI=1S/C22H20F3N3O3S/c23-22(24,25)14-6-7-17-16(10-14)27-21(31)18(32-17)11-19(29)26-15-4-1-3-13(9-15)12-28-8-2-5-20(28)30/h1,3-4,6-7,9-10,18H,2,5,8,11-12H2,(H,26,29)(H,27,31). The second-order valence-electron chi connectivity index (χ2n) is 7.68. The molecule has 0 aromatic heterocycles. The highest BCUT2D eigenvalue weighted by Crippen LogP contribution is 2.40. The highest BCUT2D eigenvalue weighted by atomic mass is 32.2. The SMILES string of the molecule is O=C(CC1Sc2ccc(C(F)(F)F)cc2NC1=O)Nc1cccc(CN2CCCC2=O)c1. The molecule has 2 aliphatic heterocycles. The molecule has 32 heavy (non-hydrogen) atoms. The Bertz CT molecular complexity index is 1070. The van der Waals surface area contributed by atoms with E-state index < -0.39 is 22.9 Å². The molecule has 2 heterocycles. The summed E-state index contributed by atoms with van der Waals surface area (Å²) >= 11 is 1.06. The number of thioether (sulfide) groups is 1. The summed E-state index contributed by atoms with van der Waals surface area (Å²) in [4.78, 5) is 38.9. The second kappa shape index (κ2) is 8.85. The molecule has 2 aliphatic rings. The molecule has 1 fully saturated rings. The molecule has 2 N–H and O–H groups in total. The summed E-state index contributed by atoms with van der Waals surface area (Å²) in [5, 5.41) is 4.46. The lowest BCUT2D eigenvalue weighted by Gasteiger charge is -2.24. The van der Waals surface area contributed by atoms with E-state index in [1.165, 1.54) is 6.07 Å². The lowest BCUT2D eigenvalue weighted by molar-refractivity contribution is -0.137. The zero-order valence-electron chi connectivity index (χ0n) is 16.9. The fourth-order valence-electron chi connectivity index (χ4n) is 3.68. The molecule has 2 aromatic carbocycles. The third-order valence-corrected chi connectivity index (χ3v) is 6.53. The van der Waals surface area contributed by atoms with E-state index in [4.69, 9.17) is 0 Å². The first kappa shape index (κ1) is 22.2. The van der Waals surface area contributed by atoms with Crippen LogP contribution >= 0.6 is 11.8 Å². The number of fused-ring (bicyclic) bond motifs is 1. The molecule has 0 bridgehead atoms. The summed E-state index contributed by atoms with van der Waals surface area (Å²) in [5.74, 6) is -0.789. The van der Waals surface area contributed by atoms with Gasteiger partial charge in [0.05, 0.1) is 16.5 Å². The Morgan fingerprint density at radius 3 is 2.72 bits per heavy atom. The second-order valence-corrected chi connectivity index (χ2v) is 8.92. The number of anilines is 2. The summed E-state index contributed by atoms with van der Waals surface area (Å²) in [6.45, 7) is 1.19. The van der Waals surface area contributed by atoms with Gasteiger partial charge in [-0.25, -0.2) is 0 Å². The number of nitrogens with one attached hydrogen (secondary N) is 2. The van der Waals surface area contributed by atoms with Crippen LogP contribution in [-0.2, 0) is 27.1 Å². The number of halogens is 3. The zero-order chi connectivity index (χ0) is 22.9. The molecule has 3 amide bonds. The first-order chi connectivity index (χ1) is 15.2. The predicted octanol–water partition coefficient (Wildman–Crippen LogP) is 4.27. The van der Waals surface area contributed by atoms with E-state index in [2.05, 4.69) is 10.6 Å². The number of hydrogen-bond acceptors (Lipinski definition) is 4. The Labute approximate surface area is 186 Å². The van der Waals surface area contributed by atoms with Crippen LogP contribution in [0.1, 0.15) is 30.4 Å². The van der Waals surface area contributed by atoms with Crippen LogP contribution in [0.15, 0.2) is 47.4 Å². The minimum atomic E-state index is -4.50. The Hall–Kier alpha value is -3.01. The number of hydrogen-bond donors (Lipinski definition) is 2. The average molecular weight is 463 g/mol. The topological polar surface area (TPSA) is 78.5 Å². The summed E-state index contributed by atoms with van der Waals surface area (Å²) in [5.41, 5.74) is 0.687. The molecule has 4 rings (SSSR count). The van der Waals surface area contributed by atoms with Crippen molar-refractivity contribution in [3.05, 3.63) is 53.6 Å². The van der Waals surface area contributed by atoms with E-state index in [1.807, 2.05) is 6.07 Å². The van der Waals surface area contributed by atoms with Crippen molar-refractivity contribution >= 4 is 40.9 Å². The van der Waals surface area contributed by atoms with Crippen molar-refractivity contribution in [3.8, 4) is 0 Å².